The van der Waals surface area contributed by atoms with Gasteiger partial charge in [0.1, 0.15) is 17.1 Å². The van der Waals surface area contributed by atoms with Crippen LogP contribution in [0.1, 0.15) is 53.0 Å². The van der Waals surface area contributed by atoms with Crippen molar-refractivity contribution in [1.29, 1.82) is 0 Å². The van der Waals surface area contributed by atoms with Gasteiger partial charge < -0.3 is 15.4 Å². The Balaban J connectivity index is 1.66. The molecule has 1 amide bonds. The van der Waals surface area contributed by atoms with E-state index in [1.807, 2.05) is 37.3 Å². The maximum Gasteiger partial charge on any atom is 0.410 e. The first-order chi connectivity index (χ1) is 15.3. The van der Waals surface area contributed by atoms with Crippen LogP contribution in [0.15, 0.2) is 60.8 Å². The Kier molecular flexibility index (Phi) is 5.82. The maximum absolute atomic E-state index is 13.9. The Morgan fingerprint density at radius 1 is 1.22 bits per heavy atom. The number of methoxy groups -OCH3 is 1. The zero-order valence-corrected chi connectivity index (χ0v) is 17.6. The van der Waals surface area contributed by atoms with Crippen LogP contribution in [-0.4, -0.2) is 29.0 Å². The molecular formula is C23H23F3N4O2. The van der Waals surface area contributed by atoms with Crippen molar-refractivity contribution in [3.05, 3.63) is 77.5 Å². The highest BCUT2D eigenvalue weighted by Crippen LogP contribution is 2.44. The standard InChI is InChI=1S/C23H23F3N4O2/c1-14(15-7-4-3-5-8-15)28-22(31)18-13-27-30-20(23(24,25)26)12-19(29-21(18)30)16-9-6-10-17(11-16)32-2/h3-11,13-14,19-20,29H,12H2,1-2H3,(H,28,31)/t14-,19+,20+/m0/s1. The van der Waals surface area contributed by atoms with Gasteiger partial charge in [-0.2, -0.15) is 18.3 Å². The van der Waals surface area contributed by atoms with Crippen molar-refractivity contribution in [1.82, 2.24) is 15.1 Å². The molecule has 0 bridgehead atoms. The minimum atomic E-state index is -4.52. The van der Waals surface area contributed by atoms with Crippen molar-refractivity contribution in [3.63, 3.8) is 0 Å². The molecule has 0 spiro atoms. The lowest BCUT2D eigenvalue weighted by Crippen LogP contribution is -2.36. The van der Waals surface area contributed by atoms with Crippen molar-refractivity contribution in [2.24, 2.45) is 0 Å². The van der Waals surface area contributed by atoms with E-state index in [4.69, 9.17) is 4.74 Å². The average Bonchev–Trinajstić information content (AvgIpc) is 3.22. The molecule has 32 heavy (non-hydrogen) atoms. The third-order valence-corrected chi connectivity index (χ3v) is 5.63. The number of anilines is 1. The molecular weight excluding hydrogens is 421 g/mol. The molecule has 168 valence electrons. The van der Waals surface area contributed by atoms with E-state index in [-0.39, 0.29) is 23.8 Å². The monoisotopic (exact) mass is 444 g/mol. The number of alkyl halides is 3. The second-order valence-electron chi connectivity index (χ2n) is 7.72. The first-order valence-corrected chi connectivity index (χ1v) is 10.2. The zero-order valence-electron chi connectivity index (χ0n) is 17.6. The number of benzene rings is 2. The number of hydrogen-bond donors (Lipinski definition) is 2. The minimum Gasteiger partial charge on any atom is -0.497 e. The summed E-state index contributed by atoms with van der Waals surface area (Å²) in [4.78, 5) is 13.0. The number of carbonyl (C=O) groups excluding carboxylic acids is 1. The van der Waals surface area contributed by atoms with Crippen LogP contribution >= 0.6 is 0 Å². The molecule has 1 aliphatic rings. The van der Waals surface area contributed by atoms with Crippen molar-refractivity contribution in [3.8, 4) is 5.75 Å². The molecule has 0 unspecified atom stereocenters. The molecule has 0 fully saturated rings. The summed E-state index contributed by atoms with van der Waals surface area (Å²) in [7, 11) is 1.50. The zero-order chi connectivity index (χ0) is 22.9. The number of ether oxygens (including phenoxy) is 1. The summed E-state index contributed by atoms with van der Waals surface area (Å²) in [6, 6.07) is 13.3. The van der Waals surface area contributed by atoms with E-state index in [0.717, 1.165) is 10.2 Å². The van der Waals surface area contributed by atoms with Crippen molar-refractivity contribution in [2.75, 3.05) is 12.4 Å². The average molecular weight is 444 g/mol. The molecule has 0 aliphatic carbocycles. The fraction of sp³-hybridized carbons (Fsp3) is 0.304. The lowest BCUT2D eigenvalue weighted by atomic mass is 9.96. The molecule has 2 N–H and O–H groups in total. The Bertz CT molecular complexity index is 1100. The number of amides is 1. The van der Waals surface area contributed by atoms with Crippen LogP contribution in [-0.2, 0) is 0 Å². The third-order valence-electron chi connectivity index (χ3n) is 5.63. The summed E-state index contributed by atoms with van der Waals surface area (Å²) in [5, 5.41) is 9.85. The predicted molar refractivity (Wildman–Crippen MR) is 114 cm³/mol. The van der Waals surface area contributed by atoms with E-state index in [0.29, 0.717) is 11.3 Å². The van der Waals surface area contributed by atoms with Crippen LogP contribution in [0.2, 0.25) is 0 Å². The lowest BCUT2D eigenvalue weighted by molar-refractivity contribution is -0.173. The second kappa shape index (κ2) is 8.57. The highest BCUT2D eigenvalue weighted by Gasteiger charge is 2.47. The van der Waals surface area contributed by atoms with Crippen molar-refractivity contribution < 1.29 is 22.7 Å². The Morgan fingerprint density at radius 2 is 1.97 bits per heavy atom. The fourth-order valence-corrected chi connectivity index (χ4v) is 3.91. The molecule has 3 aromatic rings. The van der Waals surface area contributed by atoms with E-state index < -0.39 is 24.2 Å². The van der Waals surface area contributed by atoms with Crippen LogP contribution in [0.25, 0.3) is 0 Å². The first-order valence-electron chi connectivity index (χ1n) is 10.2. The van der Waals surface area contributed by atoms with Crippen LogP contribution in [0.4, 0.5) is 19.0 Å². The van der Waals surface area contributed by atoms with Gasteiger partial charge in [0.15, 0.2) is 6.04 Å². The van der Waals surface area contributed by atoms with Gasteiger partial charge in [0, 0.05) is 6.42 Å². The molecule has 1 aliphatic heterocycles. The van der Waals surface area contributed by atoms with Crippen LogP contribution in [0.5, 0.6) is 5.75 Å². The topological polar surface area (TPSA) is 68.2 Å². The van der Waals surface area contributed by atoms with E-state index in [2.05, 4.69) is 15.7 Å². The molecule has 0 radical (unpaired) electrons. The number of fused-ring (bicyclic) bond motifs is 1. The fourth-order valence-electron chi connectivity index (χ4n) is 3.91. The molecule has 0 saturated carbocycles. The summed E-state index contributed by atoms with van der Waals surface area (Å²) in [5.74, 6) is 0.0908. The quantitative estimate of drug-likeness (QED) is 0.578. The molecule has 2 aromatic carbocycles. The molecule has 3 atom stereocenters. The lowest BCUT2D eigenvalue weighted by Gasteiger charge is -2.34. The normalized spacial score (nSPS) is 18.9. The molecule has 1 aromatic heterocycles. The van der Waals surface area contributed by atoms with Gasteiger partial charge in [0.2, 0.25) is 0 Å². The number of rotatable bonds is 5. The molecule has 6 nitrogen and oxygen atoms in total. The summed E-state index contributed by atoms with van der Waals surface area (Å²) >= 11 is 0. The summed E-state index contributed by atoms with van der Waals surface area (Å²) in [6.45, 7) is 1.81. The molecule has 4 rings (SSSR count). The van der Waals surface area contributed by atoms with Gasteiger partial charge in [-0.3, -0.25) is 4.79 Å². The van der Waals surface area contributed by atoms with Gasteiger partial charge in [-0.1, -0.05) is 42.5 Å². The number of nitrogens with one attached hydrogen (secondary N) is 2. The van der Waals surface area contributed by atoms with Gasteiger partial charge in [0.25, 0.3) is 5.91 Å². The van der Waals surface area contributed by atoms with E-state index in [1.54, 1.807) is 24.3 Å². The third kappa shape index (κ3) is 4.28. The second-order valence-corrected chi connectivity index (χ2v) is 7.72. The largest absolute Gasteiger partial charge is 0.497 e. The Labute approximate surface area is 183 Å². The summed E-state index contributed by atoms with van der Waals surface area (Å²) in [6.07, 6.45) is -3.60. The Hall–Kier alpha value is -3.49. The highest BCUT2D eigenvalue weighted by atomic mass is 19.4. The SMILES string of the molecule is COc1cccc([C@H]2C[C@H](C(F)(F)F)n3ncc(C(=O)N[C@@H](C)c4ccccc4)c3N2)c1. The van der Waals surface area contributed by atoms with Crippen molar-refractivity contribution in [2.45, 2.75) is 37.6 Å². The highest BCUT2D eigenvalue weighted by molar-refractivity contribution is 5.99. The van der Waals surface area contributed by atoms with Gasteiger partial charge in [-0.05, 0) is 30.2 Å². The first kappa shape index (κ1) is 21.7. The van der Waals surface area contributed by atoms with Gasteiger partial charge in [0.05, 0.1) is 25.4 Å². The number of nitrogens with zero attached hydrogens (tertiary/aromatic N) is 2. The molecule has 2 heterocycles. The van der Waals surface area contributed by atoms with E-state index in [9.17, 15) is 18.0 Å². The van der Waals surface area contributed by atoms with E-state index in [1.165, 1.54) is 13.3 Å². The van der Waals surface area contributed by atoms with Gasteiger partial charge in [-0.25, -0.2) is 4.68 Å². The number of halogens is 3. The Morgan fingerprint density at radius 3 is 2.66 bits per heavy atom. The maximum atomic E-state index is 13.9. The number of aromatic nitrogens is 2. The number of hydrogen-bond acceptors (Lipinski definition) is 4. The van der Waals surface area contributed by atoms with Gasteiger partial charge >= 0.3 is 6.18 Å². The van der Waals surface area contributed by atoms with Crippen molar-refractivity contribution >= 4 is 11.7 Å². The molecule has 9 heteroatoms. The molecule has 0 saturated heterocycles. The summed E-state index contributed by atoms with van der Waals surface area (Å²) in [5.41, 5.74) is 1.59. The van der Waals surface area contributed by atoms with Gasteiger partial charge in [-0.15, -0.1) is 0 Å². The number of carbonyl (C=O) groups is 1. The smallest absolute Gasteiger partial charge is 0.410 e. The predicted octanol–water partition coefficient (Wildman–Crippen LogP) is 5.04. The summed E-state index contributed by atoms with van der Waals surface area (Å²) < 4.78 is 47.7. The van der Waals surface area contributed by atoms with Crippen LogP contribution in [0.3, 0.4) is 0 Å². The van der Waals surface area contributed by atoms with E-state index >= 15 is 0 Å². The minimum absolute atomic E-state index is 0.0455. The van der Waals surface area contributed by atoms with Crippen LogP contribution in [0, 0.1) is 0 Å². The van der Waals surface area contributed by atoms with Crippen LogP contribution < -0.4 is 15.4 Å².